The average molecular weight is 350 g/mol. The molecular weight excluding hydrogens is 331 g/mol. The van der Waals surface area contributed by atoms with Gasteiger partial charge in [0.1, 0.15) is 5.82 Å². The van der Waals surface area contributed by atoms with Crippen LogP contribution in [-0.2, 0) is 16.6 Å². The maximum absolute atomic E-state index is 12.9. The summed E-state index contributed by atoms with van der Waals surface area (Å²) >= 11 is 0. The van der Waals surface area contributed by atoms with Crippen LogP contribution in [-0.4, -0.2) is 20.9 Å². The van der Waals surface area contributed by atoms with Crippen LogP contribution in [0.3, 0.4) is 0 Å². The molecule has 0 fully saturated rings. The molecule has 0 aromatic heterocycles. The highest BCUT2D eigenvalue weighted by Gasteiger charge is 2.13. The SMILES string of the molecule is CCCNC(=O)c1ccc(CNS(=O)(=O)c2ccc(F)cc2)cc1. The van der Waals surface area contributed by atoms with Crippen molar-refractivity contribution in [2.24, 2.45) is 0 Å². The summed E-state index contributed by atoms with van der Waals surface area (Å²) in [5, 5.41) is 2.77. The minimum Gasteiger partial charge on any atom is -0.352 e. The number of sulfonamides is 1. The third-order valence-electron chi connectivity index (χ3n) is 3.34. The van der Waals surface area contributed by atoms with Gasteiger partial charge in [-0.3, -0.25) is 4.79 Å². The number of halogens is 1. The maximum Gasteiger partial charge on any atom is 0.251 e. The van der Waals surface area contributed by atoms with Gasteiger partial charge in [0.2, 0.25) is 10.0 Å². The predicted octanol–water partition coefficient (Wildman–Crippen LogP) is 2.44. The first-order valence-corrected chi connectivity index (χ1v) is 9.03. The fourth-order valence-electron chi connectivity index (χ4n) is 1.99. The summed E-state index contributed by atoms with van der Waals surface area (Å²) in [4.78, 5) is 11.8. The molecule has 2 aromatic carbocycles. The van der Waals surface area contributed by atoms with Gasteiger partial charge in [-0.05, 0) is 48.4 Å². The normalized spacial score (nSPS) is 11.2. The zero-order valence-corrected chi connectivity index (χ0v) is 14.1. The Labute approximate surface area is 141 Å². The lowest BCUT2D eigenvalue weighted by molar-refractivity contribution is 0.0953. The van der Waals surface area contributed by atoms with Gasteiger partial charge >= 0.3 is 0 Å². The largest absolute Gasteiger partial charge is 0.352 e. The van der Waals surface area contributed by atoms with Crippen molar-refractivity contribution in [2.45, 2.75) is 24.8 Å². The summed E-state index contributed by atoms with van der Waals surface area (Å²) in [5.74, 6) is -0.652. The van der Waals surface area contributed by atoms with Gasteiger partial charge in [0, 0.05) is 18.7 Å². The molecule has 0 saturated heterocycles. The van der Waals surface area contributed by atoms with Crippen LogP contribution in [0, 0.1) is 5.82 Å². The molecule has 0 spiro atoms. The van der Waals surface area contributed by atoms with E-state index in [9.17, 15) is 17.6 Å². The van der Waals surface area contributed by atoms with E-state index in [-0.39, 0.29) is 17.3 Å². The summed E-state index contributed by atoms with van der Waals surface area (Å²) in [6.07, 6.45) is 0.856. The second-order valence-corrected chi connectivity index (χ2v) is 7.00. The average Bonchev–Trinajstić information content (AvgIpc) is 2.59. The Balaban J connectivity index is 1.99. The Bertz CT molecular complexity index is 788. The zero-order valence-electron chi connectivity index (χ0n) is 13.3. The first-order valence-electron chi connectivity index (χ1n) is 7.55. The van der Waals surface area contributed by atoms with Gasteiger partial charge < -0.3 is 5.32 Å². The van der Waals surface area contributed by atoms with E-state index in [1.54, 1.807) is 24.3 Å². The van der Waals surface area contributed by atoms with E-state index < -0.39 is 15.8 Å². The van der Waals surface area contributed by atoms with Gasteiger partial charge in [-0.25, -0.2) is 17.5 Å². The number of carbonyl (C=O) groups excluding carboxylic acids is 1. The molecule has 0 aliphatic rings. The molecule has 0 atom stereocenters. The minimum absolute atomic E-state index is 0.000497. The van der Waals surface area contributed by atoms with Crippen molar-refractivity contribution in [3.8, 4) is 0 Å². The highest BCUT2D eigenvalue weighted by atomic mass is 32.2. The lowest BCUT2D eigenvalue weighted by Crippen LogP contribution is -2.24. The van der Waals surface area contributed by atoms with E-state index in [0.717, 1.165) is 18.6 Å². The second kappa shape index (κ2) is 8.03. The van der Waals surface area contributed by atoms with Crippen molar-refractivity contribution >= 4 is 15.9 Å². The molecule has 7 heteroatoms. The number of amides is 1. The first kappa shape index (κ1) is 18.1. The van der Waals surface area contributed by atoms with Crippen LogP contribution < -0.4 is 10.0 Å². The smallest absolute Gasteiger partial charge is 0.251 e. The van der Waals surface area contributed by atoms with E-state index in [2.05, 4.69) is 10.0 Å². The monoisotopic (exact) mass is 350 g/mol. The third-order valence-corrected chi connectivity index (χ3v) is 4.76. The van der Waals surface area contributed by atoms with Crippen LogP contribution in [0.4, 0.5) is 4.39 Å². The zero-order chi connectivity index (χ0) is 17.6. The molecule has 2 rings (SSSR count). The van der Waals surface area contributed by atoms with Crippen molar-refractivity contribution in [2.75, 3.05) is 6.54 Å². The molecule has 128 valence electrons. The van der Waals surface area contributed by atoms with Crippen molar-refractivity contribution in [3.63, 3.8) is 0 Å². The van der Waals surface area contributed by atoms with Crippen LogP contribution >= 0.6 is 0 Å². The third kappa shape index (κ3) is 4.87. The Hall–Kier alpha value is -2.25. The molecule has 0 radical (unpaired) electrons. The number of nitrogens with one attached hydrogen (secondary N) is 2. The van der Waals surface area contributed by atoms with E-state index in [1.807, 2.05) is 6.92 Å². The second-order valence-electron chi connectivity index (χ2n) is 5.23. The molecule has 0 heterocycles. The lowest BCUT2D eigenvalue weighted by atomic mass is 10.1. The van der Waals surface area contributed by atoms with E-state index in [4.69, 9.17) is 0 Å². The van der Waals surface area contributed by atoms with Crippen LogP contribution in [0.1, 0.15) is 29.3 Å². The molecule has 0 unspecified atom stereocenters. The number of hydrogen-bond acceptors (Lipinski definition) is 3. The standard InChI is InChI=1S/C17H19FN2O3S/c1-2-11-19-17(21)14-5-3-13(4-6-14)12-20-24(22,23)16-9-7-15(18)8-10-16/h3-10,20H,2,11-12H2,1H3,(H,19,21). The summed E-state index contributed by atoms with van der Waals surface area (Å²) in [7, 11) is -3.71. The Morgan fingerprint density at radius 1 is 1.04 bits per heavy atom. The van der Waals surface area contributed by atoms with Crippen molar-refractivity contribution in [3.05, 3.63) is 65.5 Å². The Morgan fingerprint density at radius 3 is 2.25 bits per heavy atom. The van der Waals surface area contributed by atoms with E-state index in [1.165, 1.54) is 12.1 Å². The van der Waals surface area contributed by atoms with Gasteiger partial charge in [0.15, 0.2) is 0 Å². The minimum atomic E-state index is -3.71. The molecule has 5 nitrogen and oxygen atoms in total. The fraction of sp³-hybridized carbons (Fsp3) is 0.235. The molecule has 0 saturated carbocycles. The summed E-state index contributed by atoms with van der Waals surface area (Å²) in [6, 6.07) is 11.3. The molecule has 2 aromatic rings. The van der Waals surface area contributed by atoms with Gasteiger partial charge in [0.05, 0.1) is 4.90 Å². The van der Waals surface area contributed by atoms with Crippen LogP contribution in [0.15, 0.2) is 53.4 Å². The molecule has 0 bridgehead atoms. The highest BCUT2D eigenvalue weighted by Crippen LogP contribution is 2.11. The lowest BCUT2D eigenvalue weighted by Gasteiger charge is -2.08. The molecule has 0 aliphatic carbocycles. The number of rotatable bonds is 7. The number of benzene rings is 2. The van der Waals surface area contributed by atoms with E-state index >= 15 is 0 Å². The molecule has 24 heavy (non-hydrogen) atoms. The number of hydrogen-bond donors (Lipinski definition) is 2. The highest BCUT2D eigenvalue weighted by molar-refractivity contribution is 7.89. The van der Waals surface area contributed by atoms with Crippen LogP contribution in [0.25, 0.3) is 0 Å². The van der Waals surface area contributed by atoms with Crippen LogP contribution in [0.5, 0.6) is 0 Å². The fourth-order valence-corrected chi connectivity index (χ4v) is 3.01. The van der Waals surface area contributed by atoms with Crippen molar-refractivity contribution in [1.82, 2.24) is 10.0 Å². The summed E-state index contributed by atoms with van der Waals surface area (Å²) < 4.78 is 39.5. The summed E-state index contributed by atoms with van der Waals surface area (Å²) in [6.45, 7) is 2.66. The molecule has 2 N–H and O–H groups in total. The Kier molecular flexibility index (Phi) is 6.05. The molecule has 0 aliphatic heterocycles. The van der Waals surface area contributed by atoms with Crippen molar-refractivity contribution < 1.29 is 17.6 Å². The maximum atomic E-state index is 12.9. The van der Waals surface area contributed by atoms with Gasteiger partial charge in [0.25, 0.3) is 5.91 Å². The predicted molar refractivity (Wildman–Crippen MR) is 89.5 cm³/mol. The molecular formula is C17H19FN2O3S. The number of carbonyl (C=O) groups is 1. The topological polar surface area (TPSA) is 75.3 Å². The van der Waals surface area contributed by atoms with Gasteiger partial charge in [-0.1, -0.05) is 19.1 Å². The molecule has 1 amide bonds. The Morgan fingerprint density at radius 2 is 1.67 bits per heavy atom. The van der Waals surface area contributed by atoms with Gasteiger partial charge in [-0.2, -0.15) is 0 Å². The van der Waals surface area contributed by atoms with E-state index in [0.29, 0.717) is 17.7 Å². The first-order chi connectivity index (χ1) is 11.4. The van der Waals surface area contributed by atoms with Crippen LogP contribution in [0.2, 0.25) is 0 Å². The van der Waals surface area contributed by atoms with Crippen molar-refractivity contribution in [1.29, 1.82) is 0 Å². The quantitative estimate of drug-likeness (QED) is 0.805. The summed E-state index contributed by atoms with van der Waals surface area (Å²) in [5.41, 5.74) is 1.24. The van der Waals surface area contributed by atoms with Gasteiger partial charge in [-0.15, -0.1) is 0 Å².